The minimum Gasteiger partial charge on any atom is -0.396 e. The summed E-state index contributed by atoms with van der Waals surface area (Å²) in [6.07, 6.45) is 0.327. The summed E-state index contributed by atoms with van der Waals surface area (Å²) in [7, 11) is -3.65. The lowest BCUT2D eigenvalue weighted by molar-refractivity contribution is -0.384. The first-order valence-electron chi connectivity index (χ1n) is 6.90. The summed E-state index contributed by atoms with van der Waals surface area (Å²) in [5.41, 5.74) is 0.950. The Bertz CT molecular complexity index is 788. The van der Waals surface area contributed by atoms with Crippen LogP contribution in [0.15, 0.2) is 53.4 Å². The third-order valence-corrected chi connectivity index (χ3v) is 4.68. The molecule has 0 aliphatic heterocycles. The van der Waals surface area contributed by atoms with Gasteiger partial charge in [-0.3, -0.25) is 10.1 Å². The first kappa shape index (κ1) is 17.1. The van der Waals surface area contributed by atoms with Crippen molar-refractivity contribution in [2.24, 2.45) is 0 Å². The smallest absolute Gasteiger partial charge is 0.277 e. The highest BCUT2D eigenvalue weighted by atomic mass is 32.2. The summed E-state index contributed by atoms with van der Waals surface area (Å²) >= 11 is 0. The lowest BCUT2D eigenvalue weighted by Crippen LogP contribution is -2.25. The highest BCUT2D eigenvalue weighted by molar-refractivity contribution is 7.89. The fraction of sp³-hybridized carbons (Fsp3) is 0.200. The standard InChI is InChI=1S/C15H16N2O5S/c18-11-3-10-16-23(21,22)13-8-6-12(7-9-13)14-4-1-2-5-15(14)17(19)20/h1-2,4-9,16,18H,3,10-11H2. The van der Waals surface area contributed by atoms with Gasteiger partial charge in [-0.05, 0) is 30.2 Å². The Kier molecular flexibility index (Phi) is 5.43. The van der Waals surface area contributed by atoms with Crippen LogP contribution in [0.1, 0.15) is 6.42 Å². The summed E-state index contributed by atoms with van der Waals surface area (Å²) in [4.78, 5) is 10.6. The van der Waals surface area contributed by atoms with Gasteiger partial charge in [0.25, 0.3) is 5.69 Å². The van der Waals surface area contributed by atoms with Crippen LogP contribution in [-0.4, -0.2) is 31.6 Å². The molecular formula is C15H16N2O5S. The van der Waals surface area contributed by atoms with Crippen molar-refractivity contribution in [3.8, 4) is 11.1 Å². The SMILES string of the molecule is O=[N+]([O-])c1ccccc1-c1ccc(S(=O)(=O)NCCCO)cc1. The molecule has 0 spiro atoms. The van der Waals surface area contributed by atoms with Crippen molar-refractivity contribution < 1.29 is 18.4 Å². The van der Waals surface area contributed by atoms with Crippen molar-refractivity contribution in [1.82, 2.24) is 4.72 Å². The van der Waals surface area contributed by atoms with E-state index in [0.717, 1.165) is 0 Å². The number of nitrogens with zero attached hydrogens (tertiary/aromatic N) is 1. The second-order valence-corrected chi connectivity index (χ2v) is 6.54. The second-order valence-electron chi connectivity index (χ2n) is 4.77. The molecule has 2 N–H and O–H groups in total. The molecule has 8 heteroatoms. The van der Waals surface area contributed by atoms with E-state index in [9.17, 15) is 18.5 Å². The fourth-order valence-electron chi connectivity index (χ4n) is 2.06. The van der Waals surface area contributed by atoms with Crippen molar-refractivity contribution in [3.05, 3.63) is 58.6 Å². The fourth-order valence-corrected chi connectivity index (χ4v) is 3.13. The highest BCUT2D eigenvalue weighted by Gasteiger charge is 2.16. The summed E-state index contributed by atoms with van der Waals surface area (Å²) in [5, 5.41) is 19.7. The average Bonchev–Trinajstić information content (AvgIpc) is 2.55. The quantitative estimate of drug-likeness (QED) is 0.456. The summed E-state index contributed by atoms with van der Waals surface area (Å²) in [6.45, 7) is 0.0455. The van der Waals surface area contributed by atoms with Crippen molar-refractivity contribution >= 4 is 15.7 Å². The van der Waals surface area contributed by atoms with Gasteiger partial charge >= 0.3 is 0 Å². The zero-order chi connectivity index (χ0) is 16.9. The lowest BCUT2D eigenvalue weighted by Gasteiger charge is -2.07. The molecule has 0 unspecified atom stereocenters. The van der Waals surface area contributed by atoms with Crippen molar-refractivity contribution in [2.45, 2.75) is 11.3 Å². The van der Waals surface area contributed by atoms with Gasteiger partial charge in [-0.1, -0.05) is 24.3 Å². The third-order valence-electron chi connectivity index (χ3n) is 3.20. The van der Waals surface area contributed by atoms with E-state index in [1.807, 2.05) is 0 Å². The summed E-state index contributed by atoms with van der Waals surface area (Å²) in [5.74, 6) is 0. The zero-order valence-electron chi connectivity index (χ0n) is 12.2. The molecule has 7 nitrogen and oxygen atoms in total. The Hall–Kier alpha value is -2.29. The van der Waals surface area contributed by atoms with Crippen LogP contribution in [0.4, 0.5) is 5.69 Å². The van der Waals surface area contributed by atoms with Gasteiger partial charge < -0.3 is 5.11 Å². The number of nitro benzene ring substituents is 1. The molecule has 0 aromatic heterocycles. The first-order valence-corrected chi connectivity index (χ1v) is 8.38. The van der Waals surface area contributed by atoms with Gasteiger partial charge in [0.05, 0.1) is 15.4 Å². The molecule has 0 fully saturated rings. The maximum Gasteiger partial charge on any atom is 0.277 e. The van der Waals surface area contributed by atoms with E-state index < -0.39 is 14.9 Å². The van der Waals surface area contributed by atoms with Crippen molar-refractivity contribution in [1.29, 1.82) is 0 Å². The van der Waals surface area contributed by atoms with Gasteiger partial charge in [-0.2, -0.15) is 0 Å². The second kappa shape index (κ2) is 7.32. The number of hydrogen-bond acceptors (Lipinski definition) is 5. The molecule has 122 valence electrons. The third kappa shape index (κ3) is 4.13. The predicted molar refractivity (Wildman–Crippen MR) is 85.4 cm³/mol. The topological polar surface area (TPSA) is 110 Å². The van der Waals surface area contributed by atoms with E-state index in [1.54, 1.807) is 18.2 Å². The molecule has 0 atom stereocenters. The average molecular weight is 336 g/mol. The number of rotatable bonds is 7. The van der Waals surface area contributed by atoms with Crippen molar-refractivity contribution in [2.75, 3.05) is 13.2 Å². The van der Waals surface area contributed by atoms with Crippen LogP contribution >= 0.6 is 0 Å². The van der Waals surface area contributed by atoms with Crippen LogP contribution in [0.2, 0.25) is 0 Å². The Balaban J connectivity index is 2.28. The maximum absolute atomic E-state index is 12.0. The molecule has 0 amide bonds. The van der Waals surface area contributed by atoms with Crippen LogP contribution in [0, 0.1) is 10.1 Å². The molecule has 0 bridgehead atoms. The number of sulfonamides is 1. The molecular weight excluding hydrogens is 320 g/mol. The maximum atomic E-state index is 12.0. The van der Waals surface area contributed by atoms with Gasteiger partial charge in [0.1, 0.15) is 0 Å². The summed E-state index contributed by atoms with van der Waals surface area (Å²) in [6, 6.07) is 12.1. The highest BCUT2D eigenvalue weighted by Crippen LogP contribution is 2.29. The van der Waals surface area contributed by atoms with Crippen LogP contribution in [0.5, 0.6) is 0 Å². The van der Waals surface area contributed by atoms with E-state index in [0.29, 0.717) is 17.5 Å². The van der Waals surface area contributed by atoms with E-state index >= 15 is 0 Å². The number of nitrogens with one attached hydrogen (secondary N) is 1. The Labute approximate surface area is 133 Å². The van der Waals surface area contributed by atoms with Crippen LogP contribution < -0.4 is 4.72 Å². The van der Waals surface area contributed by atoms with E-state index in [1.165, 1.54) is 30.3 Å². The van der Waals surface area contributed by atoms with Gasteiger partial charge in [-0.15, -0.1) is 0 Å². The minimum absolute atomic E-state index is 0.0378. The van der Waals surface area contributed by atoms with E-state index in [-0.39, 0.29) is 23.7 Å². The van der Waals surface area contributed by atoms with Gasteiger partial charge in [-0.25, -0.2) is 13.1 Å². The molecule has 2 aromatic rings. The molecule has 0 heterocycles. The molecule has 0 saturated heterocycles. The van der Waals surface area contributed by atoms with E-state index in [4.69, 9.17) is 5.11 Å². The van der Waals surface area contributed by atoms with Gasteiger partial charge in [0.2, 0.25) is 10.0 Å². The number of benzene rings is 2. The van der Waals surface area contributed by atoms with Crippen LogP contribution in [0.3, 0.4) is 0 Å². The number of aliphatic hydroxyl groups is 1. The molecule has 0 radical (unpaired) electrons. The number of para-hydroxylation sites is 1. The molecule has 0 aliphatic carbocycles. The van der Waals surface area contributed by atoms with Crippen LogP contribution in [-0.2, 0) is 10.0 Å². The number of nitro groups is 1. The van der Waals surface area contributed by atoms with Gasteiger partial charge in [0.15, 0.2) is 0 Å². The molecule has 2 aromatic carbocycles. The molecule has 2 rings (SSSR count). The van der Waals surface area contributed by atoms with E-state index in [2.05, 4.69) is 4.72 Å². The molecule has 0 aliphatic rings. The summed E-state index contributed by atoms with van der Waals surface area (Å²) < 4.78 is 26.4. The number of hydrogen-bond donors (Lipinski definition) is 2. The number of aliphatic hydroxyl groups excluding tert-OH is 1. The Morgan fingerprint density at radius 1 is 1.09 bits per heavy atom. The normalized spacial score (nSPS) is 11.3. The Morgan fingerprint density at radius 3 is 2.35 bits per heavy atom. The lowest BCUT2D eigenvalue weighted by atomic mass is 10.0. The van der Waals surface area contributed by atoms with Gasteiger partial charge in [0, 0.05) is 19.2 Å². The molecule has 23 heavy (non-hydrogen) atoms. The van der Waals surface area contributed by atoms with Crippen molar-refractivity contribution in [3.63, 3.8) is 0 Å². The zero-order valence-corrected chi connectivity index (χ0v) is 13.0. The van der Waals surface area contributed by atoms with Crippen LogP contribution in [0.25, 0.3) is 11.1 Å². The largest absolute Gasteiger partial charge is 0.396 e. The monoisotopic (exact) mass is 336 g/mol. The first-order chi connectivity index (χ1) is 11.0. The predicted octanol–water partition coefficient (Wildman–Crippen LogP) is 1.92. The Morgan fingerprint density at radius 2 is 1.74 bits per heavy atom. The minimum atomic E-state index is -3.65. The molecule has 0 saturated carbocycles.